The molecule has 3 rings (SSSR count). The molecule has 0 bridgehead atoms. The van der Waals surface area contributed by atoms with Crippen molar-refractivity contribution in [3.05, 3.63) is 77.1 Å². The topological polar surface area (TPSA) is 23.5 Å². The van der Waals surface area contributed by atoms with Crippen molar-refractivity contribution in [3.63, 3.8) is 0 Å². The third-order valence-electron chi connectivity index (χ3n) is 4.55. The maximum Gasteiger partial charge on any atom is 0.123 e. The number of aromatic hydroxyl groups is 1. The molecule has 3 heteroatoms. The molecule has 0 aliphatic heterocycles. The van der Waals surface area contributed by atoms with Gasteiger partial charge in [0.15, 0.2) is 0 Å². The van der Waals surface area contributed by atoms with Crippen molar-refractivity contribution in [2.45, 2.75) is 12.8 Å². The quantitative estimate of drug-likeness (QED) is 0.851. The van der Waals surface area contributed by atoms with E-state index in [1.54, 1.807) is 18.2 Å². The minimum atomic E-state index is -0.215. The van der Waals surface area contributed by atoms with E-state index in [4.69, 9.17) is 0 Å². The SMILES string of the molecule is CN(C)CC1CCC(=Cc2ccc(F)cc2)C=C1c1cccc(O)c1. The largest absolute Gasteiger partial charge is 0.508 e. The van der Waals surface area contributed by atoms with Crippen LogP contribution in [-0.4, -0.2) is 30.6 Å². The summed E-state index contributed by atoms with van der Waals surface area (Å²) in [6.07, 6.45) is 6.41. The summed E-state index contributed by atoms with van der Waals surface area (Å²) in [6, 6.07) is 14.0. The number of hydrogen-bond acceptors (Lipinski definition) is 2. The molecule has 0 saturated heterocycles. The van der Waals surface area contributed by atoms with Crippen LogP contribution in [0.25, 0.3) is 11.6 Å². The molecule has 0 amide bonds. The molecular weight excluding hydrogens is 313 g/mol. The van der Waals surface area contributed by atoms with Crippen LogP contribution in [0.2, 0.25) is 0 Å². The van der Waals surface area contributed by atoms with Crippen molar-refractivity contribution in [3.8, 4) is 5.75 Å². The molecule has 25 heavy (non-hydrogen) atoms. The molecule has 0 heterocycles. The van der Waals surface area contributed by atoms with Gasteiger partial charge in [-0.1, -0.05) is 36.4 Å². The third kappa shape index (κ3) is 4.58. The third-order valence-corrected chi connectivity index (χ3v) is 4.55. The average molecular weight is 337 g/mol. The van der Waals surface area contributed by atoms with Crippen molar-refractivity contribution >= 4 is 11.6 Å². The first-order valence-corrected chi connectivity index (χ1v) is 8.63. The summed E-state index contributed by atoms with van der Waals surface area (Å²) < 4.78 is 13.1. The van der Waals surface area contributed by atoms with E-state index in [0.29, 0.717) is 5.92 Å². The number of phenols is 1. The first-order chi connectivity index (χ1) is 12.0. The van der Waals surface area contributed by atoms with Gasteiger partial charge in [-0.05, 0) is 79.4 Å². The maximum absolute atomic E-state index is 13.1. The zero-order valence-electron chi connectivity index (χ0n) is 14.7. The fraction of sp³-hybridized carbons (Fsp3) is 0.273. The van der Waals surface area contributed by atoms with E-state index in [2.05, 4.69) is 37.2 Å². The molecule has 0 fully saturated rings. The van der Waals surface area contributed by atoms with Crippen LogP contribution in [0.1, 0.15) is 24.0 Å². The van der Waals surface area contributed by atoms with Crippen molar-refractivity contribution in [1.82, 2.24) is 4.90 Å². The summed E-state index contributed by atoms with van der Waals surface area (Å²) in [7, 11) is 4.17. The van der Waals surface area contributed by atoms with Crippen LogP contribution in [0.4, 0.5) is 4.39 Å². The second kappa shape index (κ2) is 7.66. The number of allylic oxidation sites excluding steroid dienone is 2. The second-order valence-corrected chi connectivity index (χ2v) is 6.92. The Hall–Kier alpha value is -2.39. The number of benzene rings is 2. The van der Waals surface area contributed by atoms with Crippen LogP contribution < -0.4 is 0 Å². The Morgan fingerprint density at radius 3 is 2.60 bits per heavy atom. The zero-order valence-corrected chi connectivity index (χ0v) is 14.7. The standard InChI is InChI=1S/C22H24FNO/c1-24(2)15-19-9-6-17(12-16-7-10-20(23)11-8-16)13-22(19)18-4-3-5-21(25)14-18/h3-5,7-8,10-14,19,25H,6,9,15H2,1-2H3. The summed E-state index contributed by atoms with van der Waals surface area (Å²) in [6.45, 7) is 0.977. The summed E-state index contributed by atoms with van der Waals surface area (Å²) in [5.74, 6) is 0.506. The number of rotatable bonds is 4. The van der Waals surface area contributed by atoms with Gasteiger partial charge in [0.1, 0.15) is 11.6 Å². The van der Waals surface area contributed by atoms with Crippen LogP contribution in [-0.2, 0) is 0 Å². The monoisotopic (exact) mass is 337 g/mol. The number of hydrogen-bond donors (Lipinski definition) is 1. The van der Waals surface area contributed by atoms with E-state index in [1.165, 1.54) is 23.3 Å². The Labute approximate surface area is 148 Å². The normalized spacial score (nSPS) is 19.3. The van der Waals surface area contributed by atoms with Crippen LogP contribution >= 0.6 is 0 Å². The zero-order chi connectivity index (χ0) is 17.8. The van der Waals surface area contributed by atoms with Gasteiger partial charge in [-0.15, -0.1) is 0 Å². The molecule has 1 unspecified atom stereocenters. The molecule has 0 spiro atoms. The van der Waals surface area contributed by atoms with Gasteiger partial charge in [-0.25, -0.2) is 4.39 Å². The predicted octanol–water partition coefficient (Wildman–Crippen LogP) is 4.97. The van der Waals surface area contributed by atoms with Crippen LogP contribution in [0.3, 0.4) is 0 Å². The minimum absolute atomic E-state index is 0.215. The van der Waals surface area contributed by atoms with E-state index in [1.807, 2.05) is 12.1 Å². The molecule has 0 aromatic heterocycles. The maximum atomic E-state index is 13.1. The predicted molar refractivity (Wildman–Crippen MR) is 102 cm³/mol. The molecular formula is C22H24FNO. The molecule has 130 valence electrons. The van der Waals surface area contributed by atoms with Crippen molar-refractivity contribution in [2.24, 2.45) is 5.92 Å². The van der Waals surface area contributed by atoms with Crippen LogP contribution in [0.5, 0.6) is 5.75 Å². The van der Waals surface area contributed by atoms with Gasteiger partial charge < -0.3 is 10.0 Å². The fourth-order valence-corrected chi connectivity index (χ4v) is 3.41. The van der Waals surface area contributed by atoms with E-state index in [-0.39, 0.29) is 11.6 Å². The molecule has 2 nitrogen and oxygen atoms in total. The van der Waals surface area contributed by atoms with Gasteiger partial charge in [-0.2, -0.15) is 0 Å². The number of halogens is 1. The summed E-state index contributed by atoms with van der Waals surface area (Å²) in [5.41, 5.74) is 4.56. The highest BCUT2D eigenvalue weighted by molar-refractivity contribution is 5.74. The van der Waals surface area contributed by atoms with Gasteiger partial charge in [0.05, 0.1) is 0 Å². The molecule has 1 aliphatic rings. The first kappa shape index (κ1) is 17.4. The lowest BCUT2D eigenvalue weighted by Crippen LogP contribution is -2.24. The van der Waals surface area contributed by atoms with Crippen molar-refractivity contribution < 1.29 is 9.50 Å². The summed E-state index contributed by atoms with van der Waals surface area (Å²) in [5, 5.41) is 9.85. The molecule has 2 aromatic carbocycles. The minimum Gasteiger partial charge on any atom is -0.508 e. The molecule has 1 N–H and O–H groups in total. The Balaban J connectivity index is 1.97. The highest BCUT2D eigenvalue weighted by atomic mass is 19.1. The van der Waals surface area contributed by atoms with Crippen molar-refractivity contribution in [2.75, 3.05) is 20.6 Å². The molecule has 2 aromatic rings. The first-order valence-electron chi connectivity index (χ1n) is 8.63. The Kier molecular flexibility index (Phi) is 5.34. The second-order valence-electron chi connectivity index (χ2n) is 6.92. The lowest BCUT2D eigenvalue weighted by atomic mass is 9.81. The lowest BCUT2D eigenvalue weighted by Gasteiger charge is -2.28. The highest BCUT2D eigenvalue weighted by Crippen LogP contribution is 2.36. The fourth-order valence-electron chi connectivity index (χ4n) is 3.41. The van der Waals surface area contributed by atoms with Crippen LogP contribution in [0.15, 0.2) is 60.2 Å². The Morgan fingerprint density at radius 2 is 1.92 bits per heavy atom. The van der Waals surface area contributed by atoms with E-state index in [9.17, 15) is 9.50 Å². The Bertz CT molecular complexity index is 790. The van der Waals surface area contributed by atoms with E-state index < -0.39 is 0 Å². The van der Waals surface area contributed by atoms with Crippen molar-refractivity contribution in [1.29, 1.82) is 0 Å². The summed E-state index contributed by atoms with van der Waals surface area (Å²) in [4.78, 5) is 2.20. The number of phenolic OH excluding ortho intramolecular Hbond substituents is 1. The molecule has 1 atom stereocenters. The highest BCUT2D eigenvalue weighted by Gasteiger charge is 2.22. The molecule has 1 aliphatic carbocycles. The van der Waals surface area contributed by atoms with Gasteiger partial charge >= 0.3 is 0 Å². The van der Waals surface area contributed by atoms with E-state index in [0.717, 1.165) is 30.5 Å². The molecule has 0 radical (unpaired) electrons. The summed E-state index contributed by atoms with van der Waals surface area (Å²) >= 11 is 0. The van der Waals surface area contributed by atoms with Gasteiger partial charge in [-0.3, -0.25) is 0 Å². The van der Waals surface area contributed by atoms with E-state index >= 15 is 0 Å². The van der Waals surface area contributed by atoms with Gasteiger partial charge in [0.2, 0.25) is 0 Å². The van der Waals surface area contributed by atoms with Gasteiger partial charge in [0, 0.05) is 6.54 Å². The molecule has 0 saturated carbocycles. The lowest BCUT2D eigenvalue weighted by molar-refractivity contribution is 0.352. The average Bonchev–Trinajstić information content (AvgIpc) is 2.58. The Morgan fingerprint density at radius 1 is 1.16 bits per heavy atom. The van der Waals surface area contributed by atoms with Gasteiger partial charge in [0.25, 0.3) is 0 Å². The smallest absolute Gasteiger partial charge is 0.123 e. The van der Waals surface area contributed by atoms with Crippen LogP contribution in [0, 0.1) is 11.7 Å². The number of nitrogens with zero attached hydrogens (tertiary/aromatic N) is 1.